The van der Waals surface area contributed by atoms with E-state index in [0.717, 1.165) is 18.7 Å². The van der Waals surface area contributed by atoms with Gasteiger partial charge >= 0.3 is 0 Å². The SMILES string of the molecule is CC(O)CCN(C)Cc1nnsc1N. The van der Waals surface area contributed by atoms with E-state index in [-0.39, 0.29) is 6.10 Å². The molecule has 0 saturated heterocycles. The zero-order chi connectivity index (χ0) is 10.6. The van der Waals surface area contributed by atoms with Crippen LogP contribution in [0.1, 0.15) is 19.0 Å². The average molecular weight is 216 g/mol. The molecule has 5 nitrogen and oxygen atoms in total. The maximum absolute atomic E-state index is 9.10. The fourth-order valence-electron chi connectivity index (χ4n) is 1.07. The van der Waals surface area contributed by atoms with Crippen LogP contribution in [0.3, 0.4) is 0 Å². The van der Waals surface area contributed by atoms with Crippen molar-refractivity contribution in [3.63, 3.8) is 0 Å². The Morgan fingerprint density at radius 1 is 1.64 bits per heavy atom. The van der Waals surface area contributed by atoms with Gasteiger partial charge in [-0.3, -0.25) is 0 Å². The Morgan fingerprint density at radius 3 is 2.86 bits per heavy atom. The van der Waals surface area contributed by atoms with Gasteiger partial charge in [-0.1, -0.05) is 4.49 Å². The normalized spacial score (nSPS) is 13.4. The van der Waals surface area contributed by atoms with Crippen molar-refractivity contribution in [2.75, 3.05) is 19.3 Å². The minimum atomic E-state index is -0.261. The lowest BCUT2D eigenvalue weighted by Crippen LogP contribution is -2.22. The summed E-state index contributed by atoms with van der Waals surface area (Å²) < 4.78 is 3.76. The Kier molecular flexibility index (Phi) is 4.24. The molecule has 0 radical (unpaired) electrons. The molecule has 3 N–H and O–H groups in total. The molecule has 0 spiro atoms. The summed E-state index contributed by atoms with van der Waals surface area (Å²) in [5.41, 5.74) is 6.48. The van der Waals surface area contributed by atoms with E-state index < -0.39 is 0 Å². The third-order valence-corrected chi connectivity index (χ3v) is 2.53. The van der Waals surface area contributed by atoms with Crippen LogP contribution in [0.25, 0.3) is 0 Å². The summed E-state index contributed by atoms with van der Waals surface area (Å²) in [5.74, 6) is 0. The van der Waals surface area contributed by atoms with E-state index >= 15 is 0 Å². The average Bonchev–Trinajstić information content (AvgIpc) is 2.49. The Bertz CT molecular complexity index is 276. The fourth-order valence-corrected chi connectivity index (χ4v) is 1.51. The van der Waals surface area contributed by atoms with Gasteiger partial charge in [0.2, 0.25) is 0 Å². The van der Waals surface area contributed by atoms with Crippen molar-refractivity contribution in [1.82, 2.24) is 14.5 Å². The molecule has 0 aromatic carbocycles. The van der Waals surface area contributed by atoms with Crippen LogP contribution in [0.15, 0.2) is 0 Å². The zero-order valence-electron chi connectivity index (χ0n) is 8.47. The second-order valence-electron chi connectivity index (χ2n) is 3.46. The number of hydrogen-bond donors (Lipinski definition) is 2. The predicted molar refractivity (Wildman–Crippen MR) is 57.0 cm³/mol. The van der Waals surface area contributed by atoms with Crippen LogP contribution in [0, 0.1) is 0 Å². The number of aromatic nitrogens is 2. The molecule has 0 amide bonds. The van der Waals surface area contributed by atoms with Crippen molar-refractivity contribution in [2.45, 2.75) is 26.0 Å². The fraction of sp³-hybridized carbons (Fsp3) is 0.750. The monoisotopic (exact) mass is 216 g/mol. The van der Waals surface area contributed by atoms with E-state index in [2.05, 4.69) is 14.5 Å². The molecule has 1 aromatic heterocycles. The summed E-state index contributed by atoms with van der Waals surface area (Å²) in [5, 5.41) is 13.7. The number of anilines is 1. The number of aliphatic hydroxyl groups is 1. The van der Waals surface area contributed by atoms with Gasteiger partial charge in [-0.25, -0.2) is 0 Å². The summed E-state index contributed by atoms with van der Waals surface area (Å²) in [7, 11) is 1.97. The molecule has 0 fully saturated rings. The first kappa shape index (κ1) is 11.4. The quantitative estimate of drug-likeness (QED) is 0.741. The van der Waals surface area contributed by atoms with Gasteiger partial charge < -0.3 is 15.7 Å². The van der Waals surface area contributed by atoms with Crippen LogP contribution in [-0.2, 0) is 6.54 Å². The van der Waals surface area contributed by atoms with Crippen LogP contribution in [-0.4, -0.2) is 39.3 Å². The van der Waals surface area contributed by atoms with Crippen LogP contribution in [0.4, 0.5) is 5.00 Å². The molecule has 1 atom stereocenters. The lowest BCUT2D eigenvalue weighted by atomic mass is 10.2. The van der Waals surface area contributed by atoms with E-state index in [0.29, 0.717) is 11.5 Å². The van der Waals surface area contributed by atoms with Gasteiger partial charge in [-0.2, -0.15) is 0 Å². The summed E-state index contributed by atoms with van der Waals surface area (Å²) in [6.07, 6.45) is 0.497. The third-order valence-electron chi connectivity index (χ3n) is 1.93. The molecule has 0 aliphatic rings. The molecule has 0 saturated carbocycles. The molecule has 0 aliphatic heterocycles. The number of nitrogens with two attached hydrogens (primary N) is 1. The maximum atomic E-state index is 9.10. The van der Waals surface area contributed by atoms with Crippen molar-refractivity contribution in [3.8, 4) is 0 Å². The van der Waals surface area contributed by atoms with Crippen molar-refractivity contribution >= 4 is 16.5 Å². The van der Waals surface area contributed by atoms with Crippen molar-refractivity contribution in [3.05, 3.63) is 5.69 Å². The Balaban J connectivity index is 2.34. The van der Waals surface area contributed by atoms with E-state index in [1.54, 1.807) is 6.92 Å². The Morgan fingerprint density at radius 2 is 2.36 bits per heavy atom. The minimum absolute atomic E-state index is 0.261. The van der Waals surface area contributed by atoms with Crippen LogP contribution < -0.4 is 5.73 Å². The number of hydrogen-bond acceptors (Lipinski definition) is 6. The Hall–Kier alpha value is -0.720. The van der Waals surface area contributed by atoms with Crippen LogP contribution in [0.2, 0.25) is 0 Å². The largest absolute Gasteiger partial charge is 0.393 e. The topological polar surface area (TPSA) is 75.3 Å². The first-order valence-corrected chi connectivity index (χ1v) is 5.30. The third kappa shape index (κ3) is 3.57. The molecular formula is C8H16N4OS. The van der Waals surface area contributed by atoms with Crippen LogP contribution >= 0.6 is 11.5 Å². The number of nitrogen functional groups attached to an aromatic ring is 1. The molecule has 14 heavy (non-hydrogen) atoms. The highest BCUT2D eigenvalue weighted by Gasteiger charge is 2.08. The van der Waals surface area contributed by atoms with E-state index in [1.807, 2.05) is 7.05 Å². The second-order valence-corrected chi connectivity index (χ2v) is 4.25. The van der Waals surface area contributed by atoms with Gasteiger partial charge in [0, 0.05) is 24.6 Å². The molecule has 1 aromatic rings. The standard InChI is InChI=1S/C8H16N4OS/c1-6(13)3-4-12(2)5-7-8(9)14-11-10-7/h6,13H,3-5,9H2,1-2H3. The molecule has 1 unspecified atom stereocenters. The molecule has 1 heterocycles. The van der Waals surface area contributed by atoms with Gasteiger partial charge in [0.15, 0.2) is 0 Å². The predicted octanol–water partition coefficient (Wildman–Crippen LogP) is 0.323. The second kappa shape index (κ2) is 5.23. The van der Waals surface area contributed by atoms with E-state index in [4.69, 9.17) is 10.8 Å². The van der Waals surface area contributed by atoms with Gasteiger partial charge in [0.1, 0.15) is 10.7 Å². The van der Waals surface area contributed by atoms with Crippen molar-refractivity contribution in [1.29, 1.82) is 0 Å². The highest BCUT2D eigenvalue weighted by atomic mass is 32.1. The summed E-state index contributed by atoms with van der Waals surface area (Å²) >= 11 is 1.21. The summed E-state index contributed by atoms with van der Waals surface area (Å²) in [6, 6.07) is 0. The first-order valence-electron chi connectivity index (χ1n) is 4.53. The van der Waals surface area contributed by atoms with Gasteiger partial charge in [-0.05, 0) is 20.4 Å². The molecule has 0 bridgehead atoms. The van der Waals surface area contributed by atoms with Crippen molar-refractivity contribution in [2.24, 2.45) is 0 Å². The van der Waals surface area contributed by atoms with Gasteiger partial charge in [0.05, 0.1) is 6.10 Å². The maximum Gasteiger partial charge on any atom is 0.132 e. The lowest BCUT2D eigenvalue weighted by molar-refractivity contribution is 0.162. The molecule has 0 aliphatic carbocycles. The number of rotatable bonds is 5. The summed E-state index contributed by atoms with van der Waals surface area (Å²) in [6.45, 7) is 3.30. The van der Waals surface area contributed by atoms with Gasteiger partial charge in [-0.15, -0.1) is 5.10 Å². The Labute approximate surface area is 87.7 Å². The van der Waals surface area contributed by atoms with E-state index in [9.17, 15) is 0 Å². The highest BCUT2D eigenvalue weighted by molar-refractivity contribution is 7.09. The summed E-state index contributed by atoms with van der Waals surface area (Å²) in [4.78, 5) is 2.07. The van der Waals surface area contributed by atoms with Crippen molar-refractivity contribution < 1.29 is 5.11 Å². The molecular weight excluding hydrogens is 200 g/mol. The lowest BCUT2D eigenvalue weighted by Gasteiger charge is -2.15. The van der Waals surface area contributed by atoms with Crippen LogP contribution in [0.5, 0.6) is 0 Å². The number of nitrogens with zero attached hydrogens (tertiary/aromatic N) is 3. The first-order chi connectivity index (χ1) is 6.59. The molecule has 1 rings (SSSR count). The minimum Gasteiger partial charge on any atom is -0.393 e. The zero-order valence-corrected chi connectivity index (χ0v) is 9.29. The molecule has 80 valence electrons. The van der Waals surface area contributed by atoms with Gasteiger partial charge in [0.25, 0.3) is 0 Å². The molecule has 6 heteroatoms. The smallest absolute Gasteiger partial charge is 0.132 e. The number of aliphatic hydroxyl groups excluding tert-OH is 1. The van der Waals surface area contributed by atoms with E-state index in [1.165, 1.54) is 11.5 Å². The highest BCUT2D eigenvalue weighted by Crippen LogP contribution is 2.13.